The minimum Gasteiger partial charge on any atom is -0.505 e. The number of methoxy groups -OCH3 is 2. The van der Waals surface area contributed by atoms with Gasteiger partial charge in [0.25, 0.3) is 20.2 Å². The number of aromatic hydroxyl groups is 1. The van der Waals surface area contributed by atoms with Gasteiger partial charge in [0.05, 0.1) is 56.1 Å². The minimum absolute atomic E-state index is 0.00566. The van der Waals surface area contributed by atoms with Crippen LogP contribution in [0.1, 0.15) is 6.42 Å². The Bertz CT molecular complexity index is 2370. The van der Waals surface area contributed by atoms with Gasteiger partial charge < -0.3 is 34.9 Å². The first-order chi connectivity index (χ1) is 25.5. The predicted molar refractivity (Wildman–Crippen MR) is 193 cm³/mol. The Balaban J connectivity index is 1.55. The van der Waals surface area contributed by atoms with E-state index in [-0.39, 0.29) is 69.7 Å². The second-order valence-electron chi connectivity index (χ2n) is 10.9. The van der Waals surface area contributed by atoms with E-state index >= 15 is 0 Å². The average Bonchev–Trinajstić information content (AvgIpc) is 3.11. The van der Waals surface area contributed by atoms with Crippen LogP contribution in [0.4, 0.5) is 28.4 Å². The van der Waals surface area contributed by atoms with Crippen molar-refractivity contribution in [3.63, 3.8) is 0 Å². The molecular weight excluding hydrogens is 777 g/mol. The third-order valence-corrected chi connectivity index (χ3v) is 10.4. The molecule has 23 heteroatoms. The summed E-state index contributed by atoms with van der Waals surface area (Å²) >= 11 is 0. The Hall–Kier alpha value is -4.85. The number of phenols is 1. The first-order valence-electron chi connectivity index (χ1n) is 15.5. The van der Waals surface area contributed by atoms with Gasteiger partial charge in [-0.05, 0) is 54.3 Å². The van der Waals surface area contributed by atoms with E-state index in [4.69, 9.17) is 29.8 Å². The lowest BCUT2D eigenvalue weighted by molar-refractivity contribution is 0.0328. The van der Waals surface area contributed by atoms with Gasteiger partial charge in [0.15, 0.2) is 5.75 Å². The highest BCUT2D eigenvalue weighted by atomic mass is 32.2. The molecule has 0 heterocycles. The molecule has 20 nitrogen and oxygen atoms in total. The summed E-state index contributed by atoms with van der Waals surface area (Å²) in [6.07, 6.45) is 0.423. The number of nitrogens with zero attached hydrogens (tertiary/aromatic N) is 4. The number of benzene rings is 4. The molecule has 4 aromatic rings. The highest BCUT2D eigenvalue weighted by Crippen LogP contribution is 2.46. The van der Waals surface area contributed by atoms with Crippen molar-refractivity contribution in [3.05, 3.63) is 54.6 Å². The standard InChI is InChI=1S/C31H36N6O14S3/c1-48-26-18-25(36-37-30-28(54(45,46)47)15-19-14-22(53(42,43)44)16-23(32)29(19)31(30)39)27(49-2)17-24(26)35-34-20-4-6-21(7-5-20)52(40,41)33-8-3-10-50-12-13-51-11-9-38/h4-7,14-18,33,38-39H,3,8-13,32H2,1-2H3,(H,42,43,44)(H,45,46,47)/b35-34+,37-36+. The highest BCUT2D eigenvalue weighted by Gasteiger charge is 2.25. The van der Waals surface area contributed by atoms with Crippen molar-refractivity contribution in [2.75, 3.05) is 59.5 Å². The van der Waals surface area contributed by atoms with Gasteiger partial charge in [-0.2, -0.15) is 21.9 Å². The molecule has 0 aliphatic carbocycles. The molecule has 54 heavy (non-hydrogen) atoms. The summed E-state index contributed by atoms with van der Waals surface area (Å²) in [5.74, 6) is -0.775. The summed E-state index contributed by atoms with van der Waals surface area (Å²) in [6, 6.07) is 10.7. The number of ether oxygens (including phenoxy) is 4. The topological polar surface area (TPSA) is 308 Å². The first kappa shape index (κ1) is 41.9. The van der Waals surface area contributed by atoms with Crippen molar-refractivity contribution in [1.82, 2.24) is 4.72 Å². The number of aliphatic hydroxyl groups is 1. The van der Waals surface area contributed by atoms with Crippen LogP contribution in [0.3, 0.4) is 0 Å². The monoisotopic (exact) mass is 812 g/mol. The van der Waals surface area contributed by atoms with E-state index in [1.807, 2.05) is 0 Å². The number of anilines is 1. The summed E-state index contributed by atoms with van der Waals surface area (Å²) in [6.45, 7) is 1.23. The molecule has 0 saturated heterocycles. The van der Waals surface area contributed by atoms with E-state index in [1.54, 1.807) is 0 Å². The maximum Gasteiger partial charge on any atom is 0.296 e. The lowest BCUT2D eigenvalue weighted by Crippen LogP contribution is -2.25. The first-order valence-corrected chi connectivity index (χ1v) is 19.9. The molecule has 0 fully saturated rings. The molecule has 0 aliphatic heterocycles. The maximum absolute atomic E-state index is 12.7. The van der Waals surface area contributed by atoms with Gasteiger partial charge in [-0.15, -0.1) is 15.3 Å². The van der Waals surface area contributed by atoms with Crippen LogP contribution in [0.25, 0.3) is 10.8 Å². The lowest BCUT2D eigenvalue weighted by Gasteiger charge is -2.12. The molecule has 0 bridgehead atoms. The third-order valence-electron chi connectivity index (χ3n) is 7.25. The van der Waals surface area contributed by atoms with Crippen LogP contribution in [0.5, 0.6) is 17.2 Å². The average molecular weight is 813 g/mol. The SMILES string of the molecule is COc1cc(/N=N/c2c(S(=O)(=O)O)cc3cc(S(=O)(=O)O)cc(N)c3c2O)c(OC)cc1/N=N/c1ccc(S(=O)(=O)NCCCOCCOCCO)cc1. The number of nitrogens with two attached hydrogens (primary N) is 1. The van der Waals surface area contributed by atoms with Gasteiger partial charge in [-0.1, -0.05) is 0 Å². The number of aliphatic hydroxyl groups excluding tert-OH is 1. The number of sulfonamides is 1. The quantitative estimate of drug-likeness (QED) is 0.0335. The van der Waals surface area contributed by atoms with Gasteiger partial charge in [-0.25, -0.2) is 13.1 Å². The van der Waals surface area contributed by atoms with Crippen molar-refractivity contribution in [2.45, 2.75) is 21.1 Å². The maximum atomic E-state index is 12.7. The number of phenolic OH excluding ortho intramolecular Hbond substituents is 1. The van der Waals surface area contributed by atoms with E-state index < -0.39 is 51.5 Å². The van der Waals surface area contributed by atoms with Crippen LogP contribution in [-0.4, -0.2) is 98.4 Å². The molecule has 0 atom stereocenters. The molecule has 0 saturated carbocycles. The number of nitrogen functional groups attached to an aromatic ring is 1. The zero-order valence-electron chi connectivity index (χ0n) is 28.6. The van der Waals surface area contributed by atoms with Crippen molar-refractivity contribution < 1.29 is 63.5 Å². The molecule has 0 unspecified atom stereocenters. The molecule has 0 radical (unpaired) electrons. The molecule has 0 amide bonds. The number of fused-ring (bicyclic) bond motifs is 1. The van der Waals surface area contributed by atoms with E-state index in [9.17, 15) is 39.5 Å². The number of nitrogens with one attached hydrogen (secondary N) is 1. The third kappa shape index (κ3) is 10.6. The van der Waals surface area contributed by atoms with Gasteiger partial charge in [-0.3, -0.25) is 9.11 Å². The van der Waals surface area contributed by atoms with E-state index in [0.717, 1.165) is 18.2 Å². The Morgan fingerprint density at radius 3 is 1.87 bits per heavy atom. The zero-order chi connectivity index (χ0) is 39.7. The van der Waals surface area contributed by atoms with Gasteiger partial charge in [0.2, 0.25) is 10.0 Å². The molecule has 4 aromatic carbocycles. The van der Waals surface area contributed by atoms with Crippen molar-refractivity contribution in [3.8, 4) is 17.2 Å². The summed E-state index contributed by atoms with van der Waals surface area (Å²) in [7, 11) is -11.1. The summed E-state index contributed by atoms with van der Waals surface area (Å²) < 4.78 is 116. The fourth-order valence-electron chi connectivity index (χ4n) is 4.71. The second-order valence-corrected chi connectivity index (χ2v) is 15.5. The van der Waals surface area contributed by atoms with E-state index in [0.29, 0.717) is 26.2 Å². The van der Waals surface area contributed by atoms with E-state index in [1.165, 1.54) is 50.6 Å². The number of hydrogen-bond acceptors (Lipinski definition) is 17. The van der Waals surface area contributed by atoms with Crippen molar-refractivity contribution in [2.24, 2.45) is 20.5 Å². The molecule has 292 valence electrons. The second kappa shape index (κ2) is 18.0. The molecule has 4 rings (SSSR count). The Labute approximate surface area is 309 Å². The van der Waals surface area contributed by atoms with Crippen LogP contribution < -0.4 is 19.9 Å². The number of azo groups is 2. The molecule has 0 spiro atoms. The summed E-state index contributed by atoms with van der Waals surface area (Å²) in [5.41, 5.74) is 5.13. The lowest BCUT2D eigenvalue weighted by atomic mass is 10.1. The minimum atomic E-state index is -5.10. The Kier molecular flexibility index (Phi) is 14.0. The normalized spacial score (nSPS) is 12.6. The Morgan fingerprint density at radius 1 is 0.722 bits per heavy atom. The van der Waals surface area contributed by atoms with Crippen LogP contribution in [-0.2, 0) is 39.7 Å². The number of hydrogen-bond donors (Lipinski definition) is 6. The molecule has 7 N–H and O–H groups in total. The smallest absolute Gasteiger partial charge is 0.296 e. The zero-order valence-corrected chi connectivity index (χ0v) is 31.1. The van der Waals surface area contributed by atoms with Crippen LogP contribution in [0.15, 0.2) is 89.7 Å². The molecule has 0 aromatic heterocycles. The van der Waals surface area contributed by atoms with Crippen LogP contribution in [0, 0.1) is 0 Å². The summed E-state index contributed by atoms with van der Waals surface area (Å²) in [5, 5.41) is 35.3. The van der Waals surface area contributed by atoms with Crippen LogP contribution in [0.2, 0.25) is 0 Å². The largest absolute Gasteiger partial charge is 0.505 e. The predicted octanol–water partition coefficient (Wildman–Crippen LogP) is 4.16. The number of rotatable bonds is 19. The molecule has 0 aliphatic rings. The van der Waals surface area contributed by atoms with Crippen molar-refractivity contribution in [1.29, 1.82) is 0 Å². The fraction of sp³-hybridized carbons (Fsp3) is 0.290. The van der Waals surface area contributed by atoms with Crippen LogP contribution >= 0.6 is 0 Å². The molecular formula is C31H36N6O14S3. The van der Waals surface area contributed by atoms with Gasteiger partial charge >= 0.3 is 0 Å². The van der Waals surface area contributed by atoms with Crippen molar-refractivity contribution >= 4 is 69.5 Å². The Morgan fingerprint density at radius 2 is 1.31 bits per heavy atom. The van der Waals surface area contributed by atoms with Gasteiger partial charge in [0.1, 0.15) is 33.5 Å². The fourth-order valence-corrected chi connectivity index (χ4v) is 7.00. The van der Waals surface area contributed by atoms with Gasteiger partial charge in [0, 0.05) is 36.4 Å². The highest BCUT2D eigenvalue weighted by molar-refractivity contribution is 7.89. The summed E-state index contributed by atoms with van der Waals surface area (Å²) in [4.78, 5) is -1.66. The van der Waals surface area contributed by atoms with E-state index in [2.05, 4.69) is 25.2 Å².